The molecule has 0 radical (unpaired) electrons. The molecular formula is C36H46N2O7. The van der Waals surface area contributed by atoms with Crippen molar-refractivity contribution in [3.8, 4) is 0 Å². The van der Waals surface area contributed by atoms with Gasteiger partial charge in [-0.15, -0.1) is 0 Å². The van der Waals surface area contributed by atoms with Gasteiger partial charge in [0.05, 0.1) is 12.5 Å². The predicted molar refractivity (Wildman–Crippen MR) is 165 cm³/mol. The summed E-state index contributed by atoms with van der Waals surface area (Å²) in [6.45, 7) is 8.97. The molecule has 1 amide bonds. The lowest BCUT2D eigenvalue weighted by Gasteiger charge is -2.59. The first kappa shape index (κ1) is 30.8. The van der Waals surface area contributed by atoms with Crippen LogP contribution in [0.5, 0.6) is 0 Å². The maximum absolute atomic E-state index is 13.2. The van der Waals surface area contributed by atoms with Crippen LogP contribution in [0.15, 0.2) is 60.7 Å². The Kier molecular flexibility index (Phi) is 8.50. The van der Waals surface area contributed by atoms with Gasteiger partial charge in [-0.05, 0) is 49.1 Å². The molecule has 9 heteroatoms. The van der Waals surface area contributed by atoms with E-state index in [1.54, 1.807) is 0 Å². The molecule has 0 aromatic heterocycles. The first-order valence-corrected chi connectivity index (χ1v) is 16.8. The minimum absolute atomic E-state index is 0.0145. The van der Waals surface area contributed by atoms with Crippen molar-refractivity contribution in [3.63, 3.8) is 0 Å². The van der Waals surface area contributed by atoms with Crippen molar-refractivity contribution in [2.45, 2.75) is 89.3 Å². The summed E-state index contributed by atoms with van der Waals surface area (Å²) in [5, 5.41) is 0. The largest absolute Gasteiger partial charge is 0.435 e. The second-order valence-corrected chi connectivity index (χ2v) is 13.9. The average Bonchev–Trinajstić information content (AvgIpc) is 3.29. The zero-order valence-corrected chi connectivity index (χ0v) is 26.6. The molecule has 1 spiro atoms. The molecule has 1 aliphatic carbocycles. The molecule has 6 fully saturated rings. The van der Waals surface area contributed by atoms with Crippen LogP contribution < -0.4 is 0 Å². The van der Waals surface area contributed by atoms with Gasteiger partial charge in [0, 0.05) is 50.9 Å². The zero-order valence-electron chi connectivity index (χ0n) is 26.6. The number of amides is 1. The summed E-state index contributed by atoms with van der Waals surface area (Å²) in [5.74, 6) is -0.643. The maximum Gasteiger partial charge on any atom is 0.308 e. The average molecular weight is 619 g/mol. The molecule has 8 rings (SSSR count). The minimum Gasteiger partial charge on any atom is -0.435 e. The summed E-state index contributed by atoms with van der Waals surface area (Å²) in [4.78, 5) is 42.7. The van der Waals surface area contributed by atoms with E-state index in [9.17, 15) is 9.59 Å². The van der Waals surface area contributed by atoms with E-state index in [-0.39, 0.29) is 42.5 Å². The summed E-state index contributed by atoms with van der Waals surface area (Å²) in [7, 11) is 0. The quantitative estimate of drug-likeness (QED) is 0.299. The number of rotatable bonds is 7. The van der Waals surface area contributed by atoms with Crippen LogP contribution in [0.4, 0.5) is 0 Å². The van der Waals surface area contributed by atoms with Crippen LogP contribution in [0.1, 0.15) is 76.5 Å². The fourth-order valence-electron chi connectivity index (χ4n) is 8.68. The normalized spacial score (nSPS) is 36.3. The van der Waals surface area contributed by atoms with Gasteiger partial charge in [0.1, 0.15) is 0 Å². The smallest absolute Gasteiger partial charge is 0.308 e. The van der Waals surface area contributed by atoms with Crippen LogP contribution in [-0.4, -0.2) is 71.8 Å². The Bertz CT molecular complexity index is 1310. The summed E-state index contributed by atoms with van der Waals surface area (Å²) in [5.41, 5.74) is 1.78. The third-order valence-electron chi connectivity index (χ3n) is 11.2. The van der Waals surface area contributed by atoms with E-state index in [1.807, 2.05) is 24.0 Å². The van der Waals surface area contributed by atoms with E-state index in [1.165, 1.54) is 11.1 Å². The molecule has 45 heavy (non-hydrogen) atoms. The predicted octanol–water partition coefficient (Wildman–Crippen LogP) is 5.45. The van der Waals surface area contributed by atoms with Gasteiger partial charge in [-0.25, -0.2) is 9.78 Å². The van der Waals surface area contributed by atoms with Crippen LogP contribution >= 0.6 is 0 Å². The van der Waals surface area contributed by atoms with Gasteiger partial charge in [0.15, 0.2) is 11.9 Å². The number of carbonyl (C=O) groups excluding carboxylic acids is 2. The number of hydrogen-bond donors (Lipinski definition) is 0. The Labute approximate surface area is 266 Å². The number of ether oxygens (including phenoxy) is 3. The Balaban J connectivity index is 0.942. The highest BCUT2D eigenvalue weighted by Gasteiger charge is 2.69. The number of hydrogen-bond acceptors (Lipinski definition) is 8. The standard InChI is InChI=1S/C36H46N2O7/c1-24-14-15-29-25(2)33(42-34-36(29)28(24)18-19-35(3,43-34)44-45-36)41-31(40)17-16-30(39)37-20-22-38(23-21-37)32(26-10-6-4-7-11-26)27-12-8-5-9-13-27/h4-13,24-25,28-29,32-34H,14-23H2,1-3H3/t24-,25-,28+,29-,33+,34-,35+,36-/m1/s1. The van der Waals surface area contributed by atoms with Gasteiger partial charge in [0.25, 0.3) is 0 Å². The molecule has 2 aromatic carbocycles. The van der Waals surface area contributed by atoms with E-state index in [2.05, 4.69) is 67.3 Å². The fraction of sp³-hybridized carbons (Fsp3) is 0.611. The molecule has 1 saturated carbocycles. The number of benzene rings is 2. The molecule has 9 nitrogen and oxygen atoms in total. The SMILES string of the molecule is C[C@H]1[C@@H](OC(=O)CCC(=O)N2CCN(C(c3ccccc3)c3ccccc3)CC2)O[C@@H]2O[C@]3(C)CC[C@H]4[C@H](C)CC[C@H]1[C@@]24OO3. The first-order chi connectivity index (χ1) is 21.8. The lowest BCUT2D eigenvalue weighted by atomic mass is 9.58. The second-order valence-electron chi connectivity index (χ2n) is 13.9. The summed E-state index contributed by atoms with van der Waals surface area (Å²) < 4.78 is 18.7. The van der Waals surface area contributed by atoms with Gasteiger partial charge in [-0.1, -0.05) is 74.5 Å². The van der Waals surface area contributed by atoms with Crippen molar-refractivity contribution in [3.05, 3.63) is 71.8 Å². The van der Waals surface area contributed by atoms with Crippen LogP contribution in [-0.2, 0) is 33.6 Å². The third kappa shape index (κ3) is 5.71. The van der Waals surface area contributed by atoms with Crippen molar-refractivity contribution < 1.29 is 33.6 Å². The highest BCUT2D eigenvalue weighted by molar-refractivity contribution is 5.81. The van der Waals surface area contributed by atoms with E-state index in [0.29, 0.717) is 19.0 Å². The molecule has 5 aliphatic heterocycles. The van der Waals surface area contributed by atoms with Gasteiger partial charge in [-0.2, -0.15) is 0 Å². The first-order valence-electron chi connectivity index (χ1n) is 16.8. The van der Waals surface area contributed by atoms with E-state index in [4.69, 9.17) is 24.0 Å². The van der Waals surface area contributed by atoms with Gasteiger partial charge < -0.3 is 19.1 Å². The lowest BCUT2D eigenvalue weighted by molar-refractivity contribution is -0.576. The number of nitrogens with zero attached hydrogens (tertiary/aromatic N) is 2. The van der Waals surface area contributed by atoms with Gasteiger partial charge >= 0.3 is 5.97 Å². The molecule has 2 bridgehead atoms. The maximum atomic E-state index is 13.2. The number of piperazine rings is 1. The number of carbonyl (C=O) groups is 2. The van der Waals surface area contributed by atoms with Crippen molar-refractivity contribution in [2.75, 3.05) is 26.2 Å². The molecular weight excluding hydrogens is 572 g/mol. The fourth-order valence-corrected chi connectivity index (χ4v) is 8.68. The highest BCUT2D eigenvalue weighted by Crippen LogP contribution is 2.60. The molecule has 2 aromatic rings. The minimum atomic E-state index is -0.884. The molecule has 0 unspecified atom stereocenters. The molecule has 8 atom stereocenters. The van der Waals surface area contributed by atoms with Crippen molar-refractivity contribution in [1.29, 1.82) is 0 Å². The molecule has 5 heterocycles. The highest BCUT2D eigenvalue weighted by atomic mass is 17.3. The van der Waals surface area contributed by atoms with Crippen molar-refractivity contribution in [2.24, 2.45) is 23.7 Å². The van der Waals surface area contributed by atoms with Gasteiger partial charge in [0.2, 0.25) is 18.0 Å². The lowest BCUT2D eigenvalue weighted by Crippen LogP contribution is -2.70. The van der Waals surface area contributed by atoms with Crippen LogP contribution in [0.2, 0.25) is 0 Å². The van der Waals surface area contributed by atoms with Crippen LogP contribution in [0.25, 0.3) is 0 Å². The Morgan fingerprint density at radius 3 is 2.20 bits per heavy atom. The van der Waals surface area contributed by atoms with E-state index < -0.39 is 29.9 Å². The second kappa shape index (κ2) is 12.4. The topological polar surface area (TPSA) is 86.8 Å². The molecule has 0 N–H and O–H groups in total. The Hall–Kier alpha value is -2.82. The zero-order chi connectivity index (χ0) is 31.2. The monoisotopic (exact) mass is 618 g/mol. The van der Waals surface area contributed by atoms with Crippen molar-refractivity contribution >= 4 is 11.9 Å². The van der Waals surface area contributed by atoms with Crippen LogP contribution in [0.3, 0.4) is 0 Å². The van der Waals surface area contributed by atoms with Gasteiger partial charge in [-0.3, -0.25) is 14.5 Å². The Morgan fingerprint density at radius 1 is 0.867 bits per heavy atom. The summed E-state index contributed by atoms with van der Waals surface area (Å²) in [6, 6.07) is 21.2. The third-order valence-corrected chi connectivity index (χ3v) is 11.2. The number of fused-ring (bicyclic) bond motifs is 2. The number of esters is 1. The summed E-state index contributed by atoms with van der Waals surface area (Å²) in [6.07, 6.45) is 2.38. The molecule has 242 valence electrons. The summed E-state index contributed by atoms with van der Waals surface area (Å²) >= 11 is 0. The van der Waals surface area contributed by atoms with E-state index in [0.717, 1.165) is 38.8 Å². The molecule has 6 aliphatic rings. The van der Waals surface area contributed by atoms with E-state index >= 15 is 0 Å². The Morgan fingerprint density at radius 2 is 1.53 bits per heavy atom. The van der Waals surface area contributed by atoms with Crippen molar-refractivity contribution in [1.82, 2.24) is 9.80 Å². The van der Waals surface area contributed by atoms with Crippen LogP contribution in [0, 0.1) is 23.7 Å². The molecule has 5 saturated heterocycles.